The van der Waals surface area contributed by atoms with Crippen LogP contribution < -0.4 is 0 Å². The lowest BCUT2D eigenvalue weighted by molar-refractivity contribution is -0.144. The van der Waals surface area contributed by atoms with Gasteiger partial charge in [0.2, 0.25) is 5.91 Å². The first kappa shape index (κ1) is 20.5. The minimum Gasteiger partial charge on any atom is -0.466 e. The van der Waals surface area contributed by atoms with Crippen LogP contribution in [0.3, 0.4) is 0 Å². The maximum absolute atomic E-state index is 12.4. The van der Waals surface area contributed by atoms with E-state index in [1.54, 1.807) is 11.8 Å². The zero-order valence-electron chi connectivity index (χ0n) is 14.7. The molecule has 0 spiro atoms. The van der Waals surface area contributed by atoms with Crippen molar-refractivity contribution < 1.29 is 14.3 Å². The quantitative estimate of drug-likeness (QED) is 0.559. The van der Waals surface area contributed by atoms with Crippen LogP contribution in [0.15, 0.2) is 24.3 Å². The van der Waals surface area contributed by atoms with Gasteiger partial charge in [-0.2, -0.15) is 0 Å². The Balaban J connectivity index is 2.41. The van der Waals surface area contributed by atoms with Gasteiger partial charge in [0.1, 0.15) is 0 Å². The van der Waals surface area contributed by atoms with Crippen molar-refractivity contribution in [3.63, 3.8) is 0 Å². The van der Waals surface area contributed by atoms with E-state index in [9.17, 15) is 9.59 Å². The fraction of sp³-hybridized carbons (Fsp3) is 0.579. The molecule has 4 nitrogen and oxygen atoms in total. The third-order valence-corrected chi connectivity index (χ3v) is 4.05. The summed E-state index contributed by atoms with van der Waals surface area (Å²) in [7, 11) is 0. The molecule has 0 radical (unpaired) electrons. The third kappa shape index (κ3) is 8.34. The van der Waals surface area contributed by atoms with E-state index >= 15 is 0 Å². The average Bonchev–Trinajstić information content (AvgIpc) is 2.57. The zero-order chi connectivity index (χ0) is 17.8. The fourth-order valence-corrected chi connectivity index (χ4v) is 2.55. The topological polar surface area (TPSA) is 46.6 Å². The molecule has 1 amide bonds. The van der Waals surface area contributed by atoms with Gasteiger partial charge in [0.25, 0.3) is 0 Å². The Hall–Kier alpha value is -1.55. The number of unbranched alkanes of at least 4 members (excludes halogenated alkanes) is 1. The van der Waals surface area contributed by atoms with Crippen molar-refractivity contribution in [2.24, 2.45) is 0 Å². The molecule has 0 aliphatic carbocycles. The molecule has 0 saturated carbocycles. The van der Waals surface area contributed by atoms with E-state index in [1.165, 1.54) is 5.56 Å². The molecule has 0 atom stereocenters. The number of benzene rings is 1. The normalized spacial score (nSPS) is 10.5. The van der Waals surface area contributed by atoms with Gasteiger partial charge in [-0.3, -0.25) is 9.59 Å². The zero-order valence-corrected chi connectivity index (χ0v) is 15.5. The van der Waals surface area contributed by atoms with Crippen molar-refractivity contribution in [1.82, 2.24) is 4.90 Å². The summed E-state index contributed by atoms with van der Waals surface area (Å²) >= 11 is 5.87. The molecule has 1 aromatic carbocycles. The third-order valence-electron chi connectivity index (χ3n) is 3.79. The van der Waals surface area contributed by atoms with Gasteiger partial charge in [0.15, 0.2) is 0 Å². The highest BCUT2D eigenvalue weighted by molar-refractivity contribution is 6.30. The molecule has 0 unspecified atom stereocenters. The largest absolute Gasteiger partial charge is 0.466 e. The number of hydrogen-bond donors (Lipinski definition) is 0. The van der Waals surface area contributed by atoms with Gasteiger partial charge in [-0.25, -0.2) is 0 Å². The van der Waals surface area contributed by atoms with Crippen molar-refractivity contribution in [3.05, 3.63) is 34.9 Å². The highest BCUT2D eigenvalue weighted by Gasteiger charge is 2.14. The Bertz CT molecular complexity index is 502. The van der Waals surface area contributed by atoms with E-state index < -0.39 is 0 Å². The monoisotopic (exact) mass is 353 g/mol. The number of amides is 1. The molecule has 0 heterocycles. The van der Waals surface area contributed by atoms with E-state index in [-0.39, 0.29) is 18.3 Å². The van der Waals surface area contributed by atoms with Crippen LogP contribution in [0, 0.1) is 0 Å². The first-order valence-electron chi connectivity index (χ1n) is 8.74. The van der Waals surface area contributed by atoms with Gasteiger partial charge >= 0.3 is 5.97 Å². The SMILES string of the molecule is CCCCN(CCC(=O)OCC)C(=O)CCCc1ccc(Cl)cc1. The number of halogens is 1. The Labute approximate surface area is 150 Å². The minimum atomic E-state index is -0.243. The molecule has 0 aromatic heterocycles. The number of esters is 1. The van der Waals surface area contributed by atoms with Crippen molar-refractivity contribution >= 4 is 23.5 Å². The van der Waals surface area contributed by atoms with Gasteiger partial charge in [0.05, 0.1) is 13.0 Å². The number of hydrogen-bond acceptors (Lipinski definition) is 3. The van der Waals surface area contributed by atoms with Gasteiger partial charge in [-0.15, -0.1) is 0 Å². The molecule has 0 saturated heterocycles. The van der Waals surface area contributed by atoms with Crippen molar-refractivity contribution in [2.45, 2.75) is 52.4 Å². The summed E-state index contributed by atoms with van der Waals surface area (Å²) in [5.41, 5.74) is 1.18. The molecule has 1 rings (SSSR count). The molecule has 24 heavy (non-hydrogen) atoms. The molecular formula is C19H28ClNO3. The lowest BCUT2D eigenvalue weighted by Gasteiger charge is -2.22. The summed E-state index contributed by atoms with van der Waals surface area (Å²) in [4.78, 5) is 25.7. The van der Waals surface area contributed by atoms with Gasteiger partial charge in [-0.05, 0) is 43.9 Å². The Kier molecular flexibility index (Phi) is 10.2. The summed E-state index contributed by atoms with van der Waals surface area (Å²) < 4.78 is 4.94. The maximum atomic E-state index is 12.4. The van der Waals surface area contributed by atoms with Crippen LogP contribution in [0.25, 0.3) is 0 Å². The highest BCUT2D eigenvalue weighted by atomic mass is 35.5. The molecule has 134 valence electrons. The van der Waals surface area contributed by atoms with Crippen LogP contribution in [0.2, 0.25) is 5.02 Å². The number of aryl methyl sites for hydroxylation is 1. The molecule has 5 heteroatoms. The number of nitrogens with zero attached hydrogens (tertiary/aromatic N) is 1. The van der Waals surface area contributed by atoms with Crippen LogP contribution in [0.4, 0.5) is 0 Å². The Morgan fingerprint density at radius 1 is 1.04 bits per heavy atom. The van der Waals surface area contributed by atoms with E-state index in [2.05, 4.69) is 6.92 Å². The summed E-state index contributed by atoms with van der Waals surface area (Å²) in [6, 6.07) is 7.71. The van der Waals surface area contributed by atoms with E-state index in [0.717, 1.165) is 30.7 Å². The molecule has 0 N–H and O–H groups in total. The van der Waals surface area contributed by atoms with Gasteiger partial charge in [-0.1, -0.05) is 37.1 Å². The summed E-state index contributed by atoms with van der Waals surface area (Å²) in [5, 5.41) is 0.722. The second-order valence-electron chi connectivity index (χ2n) is 5.77. The van der Waals surface area contributed by atoms with Crippen LogP contribution in [0.5, 0.6) is 0 Å². The first-order chi connectivity index (χ1) is 11.6. The minimum absolute atomic E-state index is 0.113. The average molecular weight is 354 g/mol. The van der Waals surface area contributed by atoms with E-state index in [1.807, 2.05) is 24.3 Å². The lowest BCUT2D eigenvalue weighted by atomic mass is 10.1. The van der Waals surface area contributed by atoms with Gasteiger partial charge in [0, 0.05) is 24.5 Å². The first-order valence-corrected chi connectivity index (χ1v) is 9.12. The highest BCUT2D eigenvalue weighted by Crippen LogP contribution is 2.12. The number of carbonyl (C=O) groups is 2. The van der Waals surface area contributed by atoms with Crippen LogP contribution in [-0.2, 0) is 20.7 Å². The number of ether oxygens (including phenoxy) is 1. The second kappa shape index (κ2) is 11.9. The van der Waals surface area contributed by atoms with Crippen molar-refractivity contribution in [2.75, 3.05) is 19.7 Å². The summed E-state index contributed by atoms with van der Waals surface area (Å²) in [5.74, 6) is -0.130. The number of rotatable bonds is 11. The fourth-order valence-electron chi connectivity index (χ4n) is 2.42. The molecule has 0 fully saturated rings. The predicted octanol–water partition coefficient (Wildman–Crippen LogP) is 4.24. The standard InChI is InChI=1S/C19H28ClNO3/c1-3-5-14-21(15-13-19(23)24-4-2)18(22)8-6-7-16-9-11-17(20)12-10-16/h9-12H,3-8,13-15H2,1-2H3. The molecule has 0 aliphatic heterocycles. The molecular weight excluding hydrogens is 326 g/mol. The van der Waals surface area contributed by atoms with Crippen LogP contribution in [0.1, 0.15) is 51.5 Å². The van der Waals surface area contributed by atoms with Crippen LogP contribution in [-0.4, -0.2) is 36.5 Å². The lowest BCUT2D eigenvalue weighted by Crippen LogP contribution is -2.34. The summed E-state index contributed by atoms with van der Waals surface area (Å²) in [6.07, 6.45) is 4.38. The van der Waals surface area contributed by atoms with Crippen molar-refractivity contribution in [1.29, 1.82) is 0 Å². The predicted molar refractivity (Wildman–Crippen MR) is 97.1 cm³/mol. The second-order valence-corrected chi connectivity index (χ2v) is 6.21. The molecule has 0 bridgehead atoms. The van der Waals surface area contributed by atoms with Gasteiger partial charge < -0.3 is 9.64 Å². The van der Waals surface area contributed by atoms with Crippen LogP contribution >= 0.6 is 11.6 Å². The summed E-state index contributed by atoms with van der Waals surface area (Å²) in [6.45, 7) is 5.40. The Morgan fingerprint density at radius 3 is 2.38 bits per heavy atom. The Morgan fingerprint density at radius 2 is 1.75 bits per heavy atom. The number of carbonyl (C=O) groups excluding carboxylic acids is 2. The molecule has 0 aliphatic rings. The smallest absolute Gasteiger partial charge is 0.307 e. The van der Waals surface area contributed by atoms with E-state index in [0.29, 0.717) is 26.1 Å². The van der Waals surface area contributed by atoms with E-state index in [4.69, 9.17) is 16.3 Å². The van der Waals surface area contributed by atoms with Crippen molar-refractivity contribution in [3.8, 4) is 0 Å². The molecule has 1 aromatic rings. The maximum Gasteiger partial charge on any atom is 0.307 e.